The lowest BCUT2D eigenvalue weighted by atomic mass is 10.2. The first-order valence-corrected chi connectivity index (χ1v) is 8.82. The van der Waals surface area contributed by atoms with Crippen LogP contribution in [0.15, 0.2) is 0 Å². The van der Waals surface area contributed by atoms with Crippen LogP contribution >= 0.6 is 23.4 Å². The third-order valence-corrected chi connectivity index (χ3v) is 5.91. The van der Waals surface area contributed by atoms with Crippen LogP contribution in [0.4, 0.5) is 0 Å². The van der Waals surface area contributed by atoms with Gasteiger partial charge in [-0.3, -0.25) is 9.59 Å². The number of thioether (sulfide) groups is 1. The van der Waals surface area contributed by atoms with E-state index in [1.807, 2.05) is 0 Å². The van der Waals surface area contributed by atoms with Gasteiger partial charge in [-0.2, -0.15) is 0 Å². The molecule has 1 fully saturated rings. The number of nitrogens with two attached hydrogens (primary N) is 1. The molecule has 7 nitrogen and oxygen atoms in total. The average molecular weight is 331 g/mol. The normalized spacial score (nSPS) is 26.8. The molecule has 1 heterocycles. The number of hydrogen-bond donors (Lipinski definition) is 3. The van der Waals surface area contributed by atoms with Crippen LogP contribution in [0.1, 0.15) is 0 Å². The number of nitrogens with one attached hydrogen (secondary N) is 1. The van der Waals surface area contributed by atoms with E-state index in [4.69, 9.17) is 22.4 Å². The van der Waals surface area contributed by atoms with Gasteiger partial charge >= 0.3 is 5.97 Å². The van der Waals surface area contributed by atoms with Gasteiger partial charge in [0.1, 0.15) is 6.04 Å². The second-order valence-electron chi connectivity index (χ2n) is 4.23. The molecule has 0 aromatic carbocycles. The van der Waals surface area contributed by atoms with Crippen molar-refractivity contribution in [3.05, 3.63) is 0 Å². The molecule has 0 bridgehead atoms. The second kappa shape index (κ2) is 6.78. The molecule has 3 atom stereocenters. The minimum atomic E-state index is -3.19. The quantitative estimate of drug-likeness (QED) is 0.514. The van der Waals surface area contributed by atoms with Crippen LogP contribution in [0.5, 0.6) is 0 Å². The number of amides is 1. The van der Waals surface area contributed by atoms with E-state index >= 15 is 0 Å². The van der Waals surface area contributed by atoms with Gasteiger partial charge in [0.25, 0.3) is 0 Å². The number of carboxylic acid groups (broad SMARTS) is 1. The van der Waals surface area contributed by atoms with Crippen molar-refractivity contribution >= 4 is 45.1 Å². The Bertz CT molecular complexity index is 456. The van der Waals surface area contributed by atoms with Crippen molar-refractivity contribution in [1.82, 2.24) is 5.32 Å². The zero-order valence-electron chi connectivity index (χ0n) is 9.91. The van der Waals surface area contributed by atoms with Crippen LogP contribution in [0.2, 0.25) is 0 Å². The van der Waals surface area contributed by atoms with Gasteiger partial charge in [0.2, 0.25) is 5.91 Å². The lowest BCUT2D eigenvalue weighted by Crippen LogP contribution is -2.42. The van der Waals surface area contributed by atoms with E-state index in [0.29, 0.717) is 0 Å². The predicted octanol–water partition coefficient (Wildman–Crippen LogP) is -1.35. The minimum Gasteiger partial charge on any atom is -0.480 e. The number of aliphatic carboxylic acids is 1. The van der Waals surface area contributed by atoms with E-state index in [9.17, 15) is 18.0 Å². The smallest absolute Gasteiger partial charge is 0.321 e. The number of alkyl halides is 1. The molecule has 4 N–H and O–H groups in total. The van der Waals surface area contributed by atoms with Gasteiger partial charge < -0.3 is 16.2 Å². The molecule has 1 aliphatic rings. The van der Waals surface area contributed by atoms with E-state index < -0.39 is 33.3 Å². The molecule has 0 radical (unpaired) electrons. The standard InChI is InChI=1S/C9H15ClN2O5S2/c10-5-3-19(16,17)4-7(5)12-8(13)2-18-1-6(11)9(14)15/h5-7H,1-4,11H2,(H,12,13)(H,14,15)/t5?,6-,7?/m1/s1. The summed E-state index contributed by atoms with van der Waals surface area (Å²) in [6, 6.07) is -1.61. The molecule has 0 aliphatic carbocycles. The molecule has 10 heteroatoms. The molecular formula is C9H15ClN2O5S2. The van der Waals surface area contributed by atoms with Crippen LogP contribution in [0.3, 0.4) is 0 Å². The highest BCUT2D eigenvalue weighted by molar-refractivity contribution is 8.00. The number of hydrogen-bond acceptors (Lipinski definition) is 6. The first-order valence-electron chi connectivity index (χ1n) is 5.41. The molecule has 0 saturated carbocycles. The van der Waals surface area contributed by atoms with Crippen LogP contribution in [-0.2, 0) is 19.4 Å². The lowest BCUT2D eigenvalue weighted by molar-refractivity contribution is -0.138. The number of halogens is 1. The first kappa shape index (κ1) is 16.5. The molecule has 1 amide bonds. The van der Waals surface area contributed by atoms with Crippen molar-refractivity contribution < 1.29 is 23.1 Å². The van der Waals surface area contributed by atoms with Crippen LogP contribution in [-0.4, -0.2) is 65.9 Å². The fourth-order valence-corrected chi connectivity index (χ4v) is 4.87. The van der Waals surface area contributed by atoms with Gasteiger partial charge in [-0.1, -0.05) is 0 Å². The fraction of sp³-hybridized carbons (Fsp3) is 0.778. The molecule has 0 spiro atoms. The van der Waals surface area contributed by atoms with Gasteiger partial charge in [0.15, 0.2) is 9.84 Å². The molecule has 110 valence electrons. The highest BCUT2D eigenvalue weighted by atomic mass is 35.5. The minimum absolute atomic E-state index is 0.0150. The first-order chi connectivity index (χ1) is 8.71. The van der Waals surface area contributed by atoms with E-state index in [2.05, 4.69) is 5.32 Å². The molecule has 19 heavy (non-hydrogen) atoms. The summed E-state index contributed by atoms with van der Waals surface area (Å²) in [6.07, 6.45) is 0. The average Bonchev–Trinajstić information content (AvgIpc) is 2.51. The second-order valence-corrected chi connectivity index (χ2v) is 7.97. The topological polar surface area (TPSA) is 127 Å². The fourth-order valence-electron chi connectivity index (χ4n) is 1.54. The van der Waals surface area contributed by atoms with Crippen molar-refractivity contribution in [2.45, 2.75) is 17.5 Å². The Morgan fingerprint density at radius 2 is 2.11 bits per heavy atom. The zero-order valence-corrected chi connectivity index (χ0v) is 12.3. The molecule has 1 saturated heterocycles. The van der Waals surface area contributed by atoms with E-state index in [1.165, 1.54) is 0 Å². The summed E-state index contributed by atoms with van der Waals surface area (Å²) in [6.45, 7) is 0. The maximum absolute atomic E-state index is 11.5. The van der Waals surface area contributed by atoms with Crippen molar-refractivity contribution in [3.8, 4) is 0 Å². The van der Waals surface area contributed by atoms with Gasteiger partial charge in [-0.05, 0) is 0 Å². The number of carbonyl (C=O) groups excluding carboxylic acids is 1. The Morgan fingerprint density at radius 1 is 1.47 bits per heavy atom. The third-order valence-electron chi connectivity index (χ3n) is 2.48. The SMILES string of the molecule is N[C@H](CSCC(=O)NC1CS(=O)(=O)CC1Cl)C(=O)O. The summed E-state index contributed by atoms with van der Waals surface area (Å²) in [5.74, 6) is -1.69. The Kier molecular flexibility index (Phi) is 5.90. The van der Waals surface area contributed by atoms with Crippen molar-refractivity contribution in [3.63, 3.8) is 0 Å². The summed E-state index contributed by atoms with van der Waals surface area (Å²) < 4.78 is 22.6. The van der Waals surface area contributed by atoms with Gasteiger partial charge in [0, 0.05) is 5.75 Å². The molecule has 1 rings (SSSR count). The molecule has 1 aliphatic heterocycles. The number of sulfone groups is 1. The van der Waals surface area contributed by atoms with Crippen LogP contribution in [0.25, 0.3) is 0 Å². The summed E-state index contributed by atoms with van der Waals surface area (Å²) in [5, 5.41) is 10.4. The van der Waals surface area contributed by atoms with Gasteiger partial charge in [-0.25, -0.2) is 8.42 Å². The zero-order chi connectivity index (χ0) is 14.6. The highest BCUT2D eigenvalue weighted by Crippen LogP contribution is 2.18. The van der Waals surface area contributed by atoms with E-state index in [-0.39, 0.29) is 28.9 Å². The summed E-state index contributed by atoms with van der Waals surface area (Å²) in [7, 11) is -3.19. The molecular weight excluding hydrogens is 316 g/mol. The number of carboxylic acids is 1. The maximum atomic E-state index is 11.5. The summed E-state index contributed by atoms with van der Waals surface area (Å²) in [5.41, 5.74) is 5.27. The van der Waals surface area contributed by atoms with Crippen LogP contribution < -0.4 is 11.1 Å². The molecule has 2 unspecified atom stereocenters. The van der Waals surface area contributed by atoms with Crippen molar-refractivity contribution in [2.75, 3.05) is 23.0 Å². The molecule has 0 aromatic heterocycles. The Labute approximate surface area is 120 Å². The highest BCUT2D eigenvalue weighted by Gasteiger charge is 2.37. The molecule has 0 aromatic rings. The number of carbonyl (C=O) groups is 2. The Balaban J connectivity index is 2.31. The largest absolute Gasteiger partial charge is 0.480 e. The summed E-state index contributed by atoms with van der Waals surface area (Å²) in [4.78, 5) is 22.0. The van der Waals surface area contributed by atoms with Crippen molar-refractivity contribution in [1.29, 1.82) is 0 Å². The Morgan fingerprint density at radius 3 is 2.58 bits per heavy atom. The third kappa shape index (κ3) is 5.55. The van der Waals surface area contributed by atoms with E-state index in [0.717, 1.165) is 11.8 Å². The summed E-state index contributed by atoms with van der Waals surface area (Å²) >= 11 is 6.91. The Hall–Kier alpha value is -0.510. The maximum Gasteiger partial charge on any atom is 0.321 e. The predicted molar refractivity (Wildman–Crippen MR) is 73.2 cm³/mol. The van der Waals surface area contributed by atoms with E-state index in [1.54, 1.807) is 0 Å². The lowest BCUT2D eigenvalue weighted by Gasteiger charge is -2.14. The number of rotatable bonds is 6. The van der Waals surface area contributed by atoms with Crippen LogP contribution in [0, 0.1) is 0 Å². The van der Waals surface area contributed by atoms with Crippen molar-refractivity contribution in [2.24, 2.45) is 5.73 Å². The van der Waals surface area contributed by atoms with Gasteiger partial charge in [0.05, 0.1) is 28.7 Å². The van der Waals surface area contributed by atoms with Gasteiger partial charge in [-0.15, -0.1) is 23.4 Å². The monoisotopic (exact) mass is 330 g/mol.